The highest BCUT2D eigenvalue weighted by Crippen LogP contribution is 2.33. The zero-order chi connectivity index (χ0) is 18.8. The highest BCUT2D eigenvalue weighted by atomic mass is 35.5. The first-order valence-electron chi connectivity index (χ1n) is 8.69. The fourth-order valence-corrected chi connectivity index (χ4v) is 3.44. The number of ether oxygens (including phenoxy) is 1. The van der Waals surface area contributed by atoms with E-state index in [2.05, 4.69) is 41.8 Å². The molecule has 0 bridgehead atoms. The van der Waals surface area contributed by atoms with Crippen LogP contribution < -0.4 is 10.2 Å². The Balaban J connectivity index is 1.72. The van der Waals surface area contributed by atoms with Crippen molar-refractivity contribution in [1.29, 1.82) is 0 Å². The van der Waals surface area contributed by atoms with Gasteiger partial charge in [-0.1, -0.05) is 48.5 Å². The molecule has 3 aromatic rings. The van der Waals surface area contributed by atoms with Gasteiger partial charge in [0.25, 0.3) is 5.91 Å². The summed E-state index contributed by atoms with van der Waals surface area (Å²) < 4.78 is 5.23. The van der Waals surface area contributed by atoms with Gasteiger partial charge in [0.2, 0.25) is 0 Å². The molecular weight excluding hydrogens is 360 g/mol. The first-order chi connectivity index (χ1) is 13.2. The number of hydrazine groups is 1. The van der Waals surface area contributed by atoms with Crippen LogP contribution >= 0.6 is 11.6 Å². The van der Waals surface area contributed by atoms with E-state index in [1.165, 1.54) is 5.39 Å². The number of benzene rings is 3. The van der Waals surface area contributed by atoms with Gasteiger partial charge >= 0.3 is 0 Å². The Bertz CT molecular complexity index is 1010. The summed E-state index contributed by atoms with van der Waals surface area (Å²) >= 11 is 5.83. The van der Waals surface area contributed by atoms with Crippen LogP contribution in [-0.4, -0.2) is 23.9 Å². The molecular formula is C22H19ClN2O2. The number of carbonyl (C=O) groups excluding carboxylic acids is 1. The molecule has 1 unspecified atom stereocenters. The second kappa shape index (κ2) is 7.33. The van der Waals surface area contributed by atoms with Crippen molar-refractivity contribution < 1.29 is 9.53 Å². The number of halogens is 1. The maximum atomic E-state index is 12.4. The van der Waals surface area contributed by atoms with Crippen molar-refractivity contribution in [3.05, 3.63) is 83.9 Å². The van der Waals surface area contributed by atoms with Crippen LogP contribution in [0.25, 0.3) is 16.5 Å². The van der Waals surface area contributed by atoms with Crippen LogP contribution in [0, 0.1) is 0 Å². The van der Waals surface area contributed by atoms with Crippen molar-refractivity contribution in [3.63, 3.8) is 0 Å². The zero-order valence-corrected chi connectivity index (χ0v) is 15.6. The quantitative estimate of drug-likeness (QED) is 0.679. The second-order valence-electron chi connectivity index (χ2n) is 6.37. The third-order valence-electron chi connectivity index (χ3n) is 4.74. The largest absolute Gasteiger partial charge is 0.497 e. The van der Waals surface area contributed by atoms with Gasteiger partial charge in [-0.3, -0.25) is 10.2 Å². The van der Waals surface area contributed by atoms with Gasteiger partial charge in [0.15, 0.2) is 0 Å². The molecule has 1 aliphatic rings. The van der Waals surface area contributed by atoms with Crippen molar-refractivity contribution in [2.75, 3.05) is 13.0 Å². The summed E-state index contributed by atoms with van der Waals surface area (Å²) in [5, 5.41) is 3.92. The number of nitrogens with one attached hydrogen (secondary N) is 1. The van der Waals surface area contributed by atoms with Gasteiger partial charge in [-0.2, -0.15) is 0 Å². The summed E-state index contributed by atoms with van der Waals surface area (Å²) in [4.78, 5) is 12.4. The minimum atomic E-state index is -0.233. The van der Waals surface area contributed by atoms with E-state index in [0.29, 0.717) is 0 Å². The average molecular weight is 379 g/mol. The third-order valence-corrected chi connectivity index (χ3v) is 4.97. The maximum Gasteiger partial charge on any atom is 0.256 e. The SMILES string of the molecule is COc1ccc(C2C=C(c3ccc4ccccc4c3)NN2C(=O)CCl)cc1. The summed E-state index contributed by atoms with van der Waals surface area (Å²) in [6.45, 7) is 0. The lowest BCUT2D eigenvalue weighted by atomic mass is 10.0. The van der Waals surface area contributed by atoms with Gasteiger partial charge < -0.3 is 4.74 Å². The molecule has 136 valence electrons. The molecule has 1 atom stereocenters. The topological polar surface area (TPSA) is 41.6 Å². The van der Waals surface area contributed by atoms with Crippen molar-refractivity contribution in [2.45, 2.75) is 6.04 Å². The Morgan fingerprint density at radius 1 is 1.07 bits per heavy atom. The number of methoxy groups -OCH3 is 1. The van der Waals surface area contributed by atoms with Gasteiger partial charge in [-0.25, -0.2) is 5.01 Å². The molecule has 0 radical (unpaired) electrons. The lowest BCUT2D eigenvalue weighted by molar-refractivity contribution is -0.131. The fourth-order valence-electron chi connectivity index (χ4n) is 3.31. The van der Waals surface area contributed by atoms with Crippen LogP contribution in [0.15, 0.2) is 72.8 Å². The molecule has 27 heavy (non-hydrogen) atoms. The Hall–Kier alpha value is -2.98. The van der Waals surface area contributed by atoms with E-state index in [0.717, 1.165) is 28.0 Å². The summed E-state index contributed by atoms with van der Waals surface area (Å²) in [5.74, 6) is 0.515. The molecule has 1 heterocycles. The molecule has 0 saturated heterocycles. The third kappa shape index (κ3) is 3.36. The molecule has 4 nitrogen and oxygen atoms in total. The van der Waals surface area contributed by atoms with E-state index in [4.69, 9.17) is 16.3 Å². The molecule has 0 saturated carbocycles. The number of alkyl halides is 1. The van der Waals surface area contributed by atoms with E-state index in [1.54, 1.807) is 12.1 Å². The van der Waals surface area contributed by atoms with Crippen molar-refractivity contribution in [3.8, 4) is 5.75 Å². The number of hydrogen-bond donors (Lipinski definition) is 1. The molecule has 1 aliphatic heterocycles. The smallest absolute Gasteiger partial charge is 0.256 e. The van der Waals surface area contributed by atoms with E-state index in [9.17, 15) is 4.79 Å². The summed E-state index contributed by atoms with van der Waals surface area (Å²) in [5.41, 5.74) is 6.13. The first-order valence-corrected chi connectivity index (χ1v) is 9.22. The Morgan fingerprint density at radius 2 is 1.81 bits per heavy atom. The Morgan fingerprint density at radius 3 is 2.52 bits per heavy atom. The van der Waals surface area contributed by atoms with Crippen molar-refractivity contribution >= 4 is 34.0 Å². The van der Waals surface area contributed by atoms with Crippen LogP contribution in [-0.2, 0) is 4.79 Å². The maximum absolute atomic E-state index is 12.4. The van der Waals surface area contributed by atoms with Crippen molar-refractivity contribution in [2.24, 2.45) is 0 Å². The van der Waals surface area contributed by atoms with Gasteiger partial charge in [-0.05, 0) is 46.2 Å². The normalized spacial score (nSPS) is 16.1. The highest BCUT2D eigenvalue weighted by molar-refractivity contribution is 6.27. The van der Waals surface area contributed by atoms with Crippen LogP contribution in [0.1, 0.15) is 17.2 Å². The van der Waals surface area contributed by atoms with E-state index in [1.807, 2.05) is 36.4 Å². The lowest BCUT2D eigenvalue weighted by Gasteiger charge is -2.24. The van der Waals surface area contributed by atoms with Crippen molar-refractivity contribution in [1.82, 2.24) is 10.4 Å². The van der Waals surface area contributed by atoms with E-state index < -0.39 is 0 Å². The highest BCUT2D eigenvalue weighted by Gasteiger charge is 2.30. The summed E-state index contributed by atoms with van der Waals surface area (Å²) in [6, 6.07) is 21.9. The molecule has 1 N–H and O–H groups in total. The molecule has 0 aromatic heterocycles. The number of hydrogen-bond acceptors (Lipinski definition) is 3. The lowest BCUT2D eigenvalue weighted by Crippen LogP contribution is -2.40. The summed E-state index contributed by atoms with van der Waals surface area (Å²) in [6.07, 6.45) is 2.05. The predicted octanol–water partition coefficient (Wildman–Crippen LogP) is 4.52. The van der Waals surface area contributed by atoms with Crippen LogP contribution in [0.2, 0.25) is 0 Å². The van der Waals surface area contributed by atoms with Gasteiger partial charge in [-0.15, -0.1) is 11.6 Å². The predicted molar refractivity (Wildman–Crippen MR) is 108 cm³/mol. The molecule has 3 aromatic carbocycles. The molecule has 0 spiro atoms. The monoisotopic (exact) mass is 378 g/mol. The average Bonchev–Trinajstić information content (AvgIpc) is 3.18. The van der Waals surface area contributed by atoms with Gasteiger partial charge in [0.1, 0.15) is 11.6 Å². The molecule has 0 aliphatic carbocycles. The van der Waals surface area contributed by atoms with Crippen LogP contribution in [0.3, 0.4) is 0 Å². The first kappa shape index (κ1) is 17.4. The second-order valence-corrected chi connectivity index (χ2v) is 6.64. The molecule has 4 rings (SSSR count). The molecule has 5 heteroatoms. The Kier molecular flexibility index (Phi) is 4.73. The van der Waals surface area contributed by atoms with E-state index in [-0.39, 0.29) is 17.8 Å². The zero-order valence-electron chi connectivity index (χ0n) is 14.9. The van der Waals surface area contributed by atoms with E-state index >= 15 is 0 Å². The van der Waals surface area contributed by atoms with Crippen LogP contribution in [0.5, 0.6) is 5.75 Å². The van der Waals surface area contributed by atoms with Gasteiger partial charge in [0.05, 0.1) is 18.8 Å². The standard InChI is InChI=1S/C22H19ClN2O2/c1-27-19-10-8-16(9-11-19)21-13-20(24-25(21)22(26)14-23)18-7-6-15-4-2-3-5-17(15)12-18/h2-13,21,24H,14H2,1H3. The van der Waals surface area contributed by atoms with Crippen LogP contribution in [0.4, 0.5) is 0 Å². The minimum Gasteiger partial charge on any atom is -0.497 e. The Labute approximate surface area is 163 Å². The summed E-state index contributed by atoms with van der Waals surface area (Å²) in [7, 11) is 1.63. The van der Waals surface area contributed by atoms with Gasteiger partial charge in [0, 0.05) is 0 Å². The number of rotatable bonds is 4. The molecule has 1 amide bonds. The number of carbonyl (C=O) groups is 1. The molecule has 0 fully saturated rings. The number of fused-ring (bicyclic) bond motifs is 1. The minimum absolute atomic E-state index is 0.0848. The number of nitrogens with zero attached hydrogens (tertiary/aromatic N) is 1. The number of amides is 1. The fraction of sp³-hybridized carbons (Fsp3) is 0.136.